The molecule has 1 aliphatic heterocycles. The Hall–Kier alpha value is -1.36. The van der Waals surface area contributed by atoms with E-state index in [0.29, 0.717) is 11.9 Å². The molecule has 0 aliphatic carbocycles. The van der Waals surface area contributed by atoms with Gasteiger partial charge in [-0.15, -0.1) is 0 Å². The Morgan fingerprint density at radius 2 is 1.89 bits per heavy atom. The van der Waals surface area contributed by atoms with E-state index in [9.17, 15) is 0 Å². The van der Waals surface area contributed by atoms with Crippen molar-refractivity contribution in [1.29, 1.82) is 0 Å². The lowest BCUT2D eigenvalue weighted by atomic mass is 10.1. The first kappa shape index (κ1) is 13.1. The lowest BCUT2D eigenvalue weighted by molar-refractivity contribution is 0.312. The number of nitrogen functional groups attached to an aromatic ring is 1. The number of nitrogens with zero attached hydrogens (tertiary/aromatic N) is 4. The van der Waals surface area contributed by atoms with Crippen LogP contribution in [0.3, 0.4) is 0 Å². The van der Waals surface area contributed by atoms with Crippen molar-refractivity contribution in [1.82, 2.24) is 14.9 Å². The highest BCUT2D eigenvalue weighted by Gasteiger charge is 2.16. The van der Waals surface area contributed by atoms with Gasteiger partial charge in [-0.2, -0.15) is 4.98 Å². The van der Waals surface area contributed by atoms with Crippen LogP contribution in [0.15, 0.2) is 6.07 Å². The van der Waals surface area contributed by atoms with E-state index in [4.69, 9.17) is 5.73 Å². The molecular formula is C13H23N5. The van der Waals surface area contributed by atoms with Crippen LogP contribution in [0, 0.1) is 5.92 Å². The van der Waals surface area contributed by atoms with Gasteiger partial charge in [0, 0.05) is 37.9 Å². The van der Waals surface area contributed by atoms with Crippen LogP contribution in [-0.2, 0) is 6.42 Å². The van der Waals surface area contributed by atoms with Gasteiger partial charge in [0.1, 0.15) is 5.82 Å². The molecule has 0 bridgehead atoms. The second kappa shape index (κ2) is 5.52. The molecule has 0 aromatic carbocycles. The maximum atomic E-state index is 5.81. The zero-order chi connectivity index (χ0) is 13.1. The first-order valence-corrected chi connectivity index (χ1v) is 6.61. The molecule has 0 atom stereocenters. The Balaban J connectivity index is 2.14. The van der Waals surface area contributed by atoms with Crippen LogP contribution in [-0.4, -0.2) is 48.1 Å². The summed E-state index contributed by atoms with van der Waals surface area (Å²) >= 11 is 0. The highest BCUT2D eigenvalue weighted by atomic mass is 15.3. The van der Waals surface area contributed by atoms with E-state index in [0.717, 1.165) is 44.1 Å². The molecule has 1 aromatic heterocycles. The minimum absolute atomic E-state index is 0.391. The number of anilines is 2. The molecule has 2 rings (SSSR count). The predicted molar refractivity (Wildman–Crippen MR) is 74.7 cm³/mol. The van der Waals surface area contributed by atoms with E-state index >= 15 is 0 Å². The SMILES string of the molecule is CC(C)Cc1cc(N2CCN(C)CC2)nc(N)n1. The van der Waals surface area contributed by atoms with E-state index in [1.54, 1.807) is 0 Å². The zero-order valence-electron chi connectivity index (χ0n) is 11.6. The average Bonchev–Trinajstić information content (AvgIpc) is 2.28. The standard InChI is InChI=1S/C13H23N5/c1-10(2)8-11-9-12(16-13(14)15-11)18-6-4-17(3)5-7-18/h9-10H,4-8H2,1-3H3,(H2,14,15,16). The van der Waals surface area contributed by atoms with Gasteiger partial charge in [-0.25, -0.2) is 4.98 Å². The Morgan fingerprint density at radius 1 is 1.22 bits per heavy atom. The molecule has 18 heavy (non-hydrogen) atoms. The van der Waals surface area contributed by atoms with Crippen molar-refractivity contribution < 1.29 is 0 Å². The van der Waals surface area contributed by atoms with Crippen molar-refractivity contribution in [3.63, 3.8) is 0 Å². The molecular weight excluding hydrogens is 226 g/mol. The zero-order valence-corrected chi connectivity index (χ0v) is 11.6. The predicted octanol–water partition coefficient (Wildman–Crippen LogP) is 1.01. The minimum atomic E-state index is 0.391. The summed E-state index contributed by atoms with van der Waals surface area (Å²) in [6.07, 6.45) is 0.952. The van der Waals surface area contributed by atoms with Crippen LogP contribution in [0.5, 0.6) is 0 Å². The van der Waals surface area contributed by atoms with E-state index in [1.165, 1.54) is 0 Å². The van der Waals surface area contributed by atoms with Crippen molar-refractivity contribution in [2.75, 3.05) is 43.9 Å². The van der Waals surface area contributed by atoms with E-state index < -0.39 is 0 Å². The highest BCUT2D eigenvalue weighted by Crippen LogP contribution is 2.17. The molecule has 0 saturated carbocycles. The number of hydrogen-bond acceptors (Lipinski definition) is 5. The normalized spacial score (nSPS) is 17.4. The Bertz CT molecular complexity index is 396. The van der Waals surface area contributed by atoms with Gasteiger partial charge in [0.25, 0.3) is 0 Å². The summed E-state index contributed by atoms with van der Waals surface area (Å²) in [6, 6.07) is 2.08. The molecule has 0 spiro atoms. The molecule has 2 heterocycles. The monoisotopic (exact) mass is 249 g/mol. The average molecular weight is 249 g/mol. The third-order valence-electron chi connectivity index (χ3n) is 3.23. The van der Waals surface area contributed by atoms with Gasteiger partial charge in [0.05, 0.1) is 0 Å². The van der Waals surface area contributed by atoms with Gasteiger partial charge < -0.3 is 15.5 Å². The number of piperazine rings is 1. The van der Waals surface area contributed by atoms with Crippen molar-refractivity contribution in [3.8, 4) is 0 Å². The van der Waals surface area contributed by atoms with Gasteiger partial charge in [0.2, 0.25) is 5.95 Å². The minimum Gasteiger partial charge on any atom is -0.368 e. The fourth-order valence-corrected chi connectivity index (χ4v) is 2.22. The smallest absolute Gasteiger partial charge is 0.222 e. The Morgan fingerprint density at radius 3 is 2.50 bits per heavy atom. The molecule has 2 N–H and O–H groups in total. The summed E-state index contributed by atoms with van der Waals surface area (Å²) in [5, 5.41) is 0. The number of likely N-dealkylation sites (N-methyl/N-ethyl adjacent to an activating group) is 1. The lowest BCUT2D eigenvalue weighted by Gasteiger charge is -2.33. The van der Waals surface area contributed by atoms with Crippen LogP contribution in [0.4, 0.5) is 11.8 Å². The third kappa shape index (κ3) is 3.32. The van der Waals surface area contributed by atoms with Gasteiger partial charge in [-0.3, -0.25) is 0 Å². The van der Waals surface area contributed by atoms with Gasteiger partial charge in [-0.05, 0) is 19.4 Å². The summed E-state index contributed by atoms with van der Waals surface area (Å²) in [7, 11) is 2.15. The van der Waals surface area contributed by atoms with E-state index in [2.05, 4.69) is 46.7 Å². The van der Waals surface area contributed by atoms with Gasteiger partial charge in [0.15, 0.2) is 0 Å². The van der Waals surface area contributed by atoms with Crippen LogP contribution >= 0.6 is 0 Å². The van der Waals surface area contributed by atoms with Crippen LogP contribution in [0.1, 0.15) is 19.5 Å². The molecule has 0 amide bonds. The molecule has 5 nitrogen and oxygen atoms in total. The number of hydrogen-bond donors (Lipinski definition) is 1. The van der Waals surface area contributed by atoms with Crippen molar-refractivity contribution >= 4 is 11.8 Å². The second-order valence-corrected chi connectivity index (χ2v) is 5.46. The fourth-order valence-electron chi connectivity index (χ4n) is 2.22. The summed E-state index contributed by atoms with van der Waals surface area (Å²) in [6.45, 7) is 8.54. The number of rotatable bonds is 3. The summed E-state index contributed by atoms with van der Waals surface area (Å²) in [4.78, 5) is 13.3. The lowest BCUT2D eigenvalue weighted by Crippen LogP contribution is -2.44. The van der Waals surface area contributed by atoms with Crippen LogP contribution < -0.4 is 10.6 Å². The molecule has 1 saturated heterocycles. The third-order valence-corrected chi connectivity index (χ3v) is 3.23. The van der Waals surface area contributed by atoms with E-state index in [-0.39, 0.29) is 0 Å². The Kier molecular flexibility index (Phi) is 4.01. The fraction of sp³-hybridized carbons (Fsp3) is 0.692. The summed E-state index contributed by atoms with van der Waals surface area (Å²) < 4.78 is 0. The van der Waals surface area contributed by atoms with Crippen molar-refractivity contribution in [3.05, 3.63) is 11.8 Å². The van der Waals surface area contributed by atoms with Crippen molar-refractivity contribution in [2.45, 2.75) is 20.3 Å². The summed E-state index contributed by atoms with van der Waals surface area (Å²) in [5.74, 6) is 1.95. The molecule has 0 unspecified atom stereocenters. The first-order valence-electron chi connectivity index (χ1n) is 6.61. The topological polar surface area (TPSA) is 58.3 Å². The Labute approximate surface area is 109 Å². The molecule has 1 fully saturated rings. The van der Waals surface area contributed by atoms with Gasteiger partial charge >= 0.3 is 0 Å². The van der Waals surface area contributed by atoms with Crippen molar-refractivity contribution in [2.24, 2.45) is 5.92 Å². The first-order chi connectivity index (χ1) is 8.54. The molecule has 1 aliphatic rings. The largest absolute Gasteiger partial charge is 0.368 e. The second-order valence-electron chi connectivity index (χ2n) is 5.46. The molecule has 5 heteroatoms. The maximum Gasteiger partial charge on any atom is 0.222 e. The van der Waals surface area contributed by atoms with E-state index in [1.807, 2.05) is 0 Å². The molecule has 100 valence electrons. The highest BCUT2D eigenvalue weighted by molar-refractivity contribution is 5.44. The summed E-state index contributed by atoms with van der Waals surface area (Å²) in [5.41, 5.74) is 6.86. The van der Waals surface area contributed by atoms with Gasteiger partial charge in [-0.1, -0.05) is 13.8 Å². The van der Waals surface area contributed by atoms with Crippen LogP contribution in [0.25, 0.3) is 0 Å². The maximum absolute atomic E-state index is 5.81. The van der Waals surface area contributed by atoms with Crippen LogP contribution in [0.2, 0.25) is 0 Å². The quantitative estimate of drug-likeness (QED) is 0.866. The molecule has 0 radical (unpaired) electrons. The molecule has 1 aromatic rings. The number of nitrogens with two attached hydrogens (primary N) is 1. The number of aromatic nitrogens is 2.